The molecule has 2 aromatic rings. The van der Waals surface area contributed by atoms with Gasteiger partial charge in [-0.3, -0.25) is 9.69 Å². The molecule has 0 atom stereocenters. The normalized spacial score (nSPS) is 19.2. The number of carbonyl (C=O) groups excluding carboxylic acids is 1. The van der Waals surface area contributed by atoms with Crippen LogP contribution in [0.4, 0.5) is 5.69 Å². The molecule has 2 aliphatic rings. The molecule has 3 heterocycles. The molecular weight excluding hydrogens is 448 g/mol. The Bertz CT molecular complexity index is 1060. The van der Waals surface area contributed by atoms with Crippen LogP contribution in [-0.2, 0) is 26.1 Å². The van der Waals surface area contributed by atoms with Crippen LogP contribution in [0.5, 0.6) is 0 Å². The first-order valence-electron chi connectivity index (χ1n) is 11.0. The van der Waals surface area contributed by atoms with E-state index in [9.17, 15) is 13.2 Å². The van der Waals surface area contributed by atoms with Crippen LogP contribution in [0, 0.1) is 19.8 Å². The number of carbonyl (C=O) groups is 1. The van der Waals surface area contributed by atoms with Crippen molar-refractivity contribution in [2.45, 2.75) is 38.1 Å². The number of hydrogen-bond acceptors (Lipinski definition) is 7. The number of aryl methyl sites for hydroxylation is 2. The fourth-order valence-electron chi connectivity index (χ4n) is 4.19. The Labute approximate surface area is 193 Å². The van der Waals surface area contributed by atoms with Gasteiger partial charge in [-0.2, -0.15) is 4.31 Å². The molecule has 32 heavy (non-hydrogen) atoms. The Balaban J connectivity index is 1.37. The summed E-state index contributed by atoms with van der Waals surface area (Å²) < 4.78 is 32.9. The average molecular weight is 479 g/mol. The van der Waals surface area contributed by atoms with Gasteiger partial charge in [0.15, 0.2) is 0 Å². The number of amides is 1. The lowest BCUT2D eigenvalue weighted by Crippen LogP contribution is -2.40. The second-order valence-corrected chi connectivity index (χ2v) is 11.4. The van der Waals surface area contributed by atoms with E-state index >= 15 is 0 Å². The molecule has 1 N–H and O–H groups in total. The molecule has 0 spiro atoms. The Hall–Kier alpha value is -1.85. The van der Waals surface area contributed by atoms with Gasteiger partial charge >= 0.3 is 0 Å². The number of nitrogens with one attached hydrogen (secondary N) is 1. The van der Waals surface area contributed by atoms with Gasteiger partial charge in [-0.1, -0.05) is 6.07 Å². The highest BCUT2D eigenvalue weighted by Crippen LogP contribution is 2.26. The standard InChI is InChI=1S/C22H30N4O4S2/c1-16-3-4-19(13-21(16)32(28,29)26-9-11-30-12-10-26)24-22(27)18-5-7-25(8-6-18)14-20-15-31-17(2)23-20/h3-4,13,15,18H,5-12,14H2,1-2H3,(H,24,27). The number of rotatable bonds is 6. The summed E-state index contributed by atoms with van der Waals surface area (Å²) in [7, 11) is -3.62. The first kappa shape index (κ1) is 23.3. The van der Waals surface area contributed by atoms with E-state index < -0.39 is 10.0 Å². The smallest absolute Gasteiger partial charge is 0.243 e. The van der Waals surface area contributed by atoms with Crippen molar-refractivity contribution in [1.29, 1.82) is 0 Å². The number of aromatic nitrogens is 1. The Morgan fingerprint density at radius 1 is 1.19 bits per heavy atom. The Morgan fingerprint density at radius 3 is 2.56 bits per heavy atom. The number of nitrogens with zero attached hydrogens (tertiary/aromatic N) is 3. The number of piperidine rings is 1. The van der Waals surface area contributed by atoms with E-state index in [0.717, 1.165) is 43.2 Å². The summed E-state index contributed by atoms with van der Waals surface area (Å²) in [6, 6.07) is 5.10. The van der Waals surface area contributed by atoms with E-state index in [0.29, 0.717) is 37.6 Å². The molecule has 4 rings (SSSR count). The van der Waals surface area contributed by atoms with Gasteiger partial charge in [0, 0.05) is 36.6 Å². The topological polar surface area (TPSA) is 91.8 Å². The molecule has 0 saturated carbocycles. The van der Waals surface area contributed by atoms with Crippen molar-refractivity contribution >= 4 is 33.0 Å². The zero-order valence-electron chi connectivity index (χ0n) is 18.5. The molecule has 0 aliphatic carbocycles. The Morgan fingerprint density at radius 2 is 1.91 bits per heavy atom. The zero-order chi connectivity index (χ0) is 22.7. The van der Waals surface area contributed by atoms with Crippen molar-refractivity contribution < 1.29 is 17.9 Å². The van der Waals surface area contributed by atoms with E-state index in [1.807, 2.05) is 6.92 Å². The molecule has 1 aromatic carbocycles. The largest absolute Gasteiger partial charge is 0.379 e. The van der Waals surface area contributed by atoms with Gasteiger partial charge in [0.2, 0.25) is 15.9 Å². The molecule has 174 valence electrons. The number of benzene rings is 1. The maximum atomic E-state index is 13.1. The van der Waals surface area contributed by atoms with Crippen LogP contribution in [0.25, 0.3) is 0 Å². The molecule has 0 unspecified atom stereocenters. The van der Waals surface area contributed by atoms with Gasteiger partial charge in [-0.15, -0.1) is 11.3 Å². The van der Waals surface area contributed by atoms with E-state index in [1.54, 1.807) is 36.5 Å². The number of likely N-dealkylation sites (tertiary alicyclic amines) is 1. The summed E-state index contributed by atoms with van der Waals surface area (Å²) in [5.41, 5.74) is 2.27. The molecule has 0 bridgehead atoms. The van der Waals surface area contributed by atoms with E-state index in [4.69, 9.17) is 4.74 Å². The number of ether oxygens (including phenoxy) is 1. The van der Waals surface area contributed by atoms with Crippen molar-refractivity contribution in [2.75, 3.05) is 44.7 Å². The second kappa shape index (κ2) is 9.96. The van der Waals surface area contributed by atoms with Crippen LogP contribution in [0.2, 0.25) is 0 Å². The first-order chi connectivity index (χ1) is 15.3. The predicted molar refractivity (Wildman–Crippen MR) is 124 cm³/mol. The lowest BCUT2D eigenvalue weighted by atomic mass is 9.95. The van der Waals surface area contributed by atoms with Crippen LogP contribution >= 0.6 is 11.3 Å². The van der Waals surface area contributed by atoms with Crippen molar-refractivity contribution in [1.82, 2.24) is 14.2 Å². The highest BCUT2D eigenvalue weighted by molar-refractivity contribution is 7.89. The molecule has 1 amide bonds. The van der Waals surface area contributed by atoms with Gasteiger partial charge in [0.1, 0.15) is 0 Å². The summed E-state index contributed by atoms with van der Waals surface area (Å²) in [5, 5.41) is 6.11. The third-order valence-electron chi connectivity index (χ3n) is 6.05. The van der Waals surface area contributed by atoms with Gasteiger partial charge in [0.25, 0.3) is 0 Å². The third kappa shape index (κ3) is 5.37. The molecule has 2 fully saturated rings. The maximum Gasteiger partial charge on any atom is 0.243 e. The molecule has 10 heteroatoms. The van der Waals surface area contributed by atoms with Gasteiger partial charge in [0.05, 0.1) is 28.8 Å². The quantitative estimate of drug-likeness (QED) is 0.686. The summed E-state index contributed by atoms with van der Waals surface area (Å²) in [6.07, 6.45) is 1.56. The van der Waals surface area contributed by atoms with Crippen LogP contribution in [0.3, 0.4) is 0 Å². The maximum absolute atomic E-state index is 13.1. The summed E-state index contributed by atoms with van der Waals surface area (Å²) in [5.74, 6) is -0.128. The van der Waals surface area contributed by atoms with E-state index in [1.165, 1.54) is 4.31 Å². The fourth-order valence-corrected chi connectivity index (χ4v) is 6.45. The zero-order valence-corrected chi connectivity index (χ0v) is 20.2. The average Bonchev–Trinajstić information content (AvgIpc) is 3.20. The fraction of sp³-hybridized carbons (Fsp3) is 0.545. The molecule has 2 aliphatic heterocycles. The van der Waals surface area contributed by atoms with Gasteiger partial charge < -0.3 is 10.1 Å². The van der Waals surface area contributed by atoms with Crippen LogP contribution in [0.15, 0.2) is 28.5 Å². The van der Waals surface area contributed by atoms with E-state index in [2.05, 4.69) is 20.6 Å². The molecule has 2 saturated heterocycles. The van der Waals surface area contributed by atoms with Crippen LogP contribution in [-0.4, -0.2) is 67.9 Å². The molecular formula is C22H30N4O4S2. The lowest BCUT2D eigenvalue weighted by Gasteiger charge is -2.30. The SMILES string of the molecule is Cc1nc(CN2CCC(C(=O)Nc3ccc(C)c(S(=O)(=O)N4CCOCC4)c3)CC2)cs1. The minimum Gasteiger partial charge on any atom is -0.379 e. The molecule has 0 radical (unpaired) electrons. The lowest BCUT2D eigenvalue weighted by molar-refractivity contribution is -0.121. The molecule has 8 nitrogen and oxygen atoms in total. The predicted octanol–water partition coefficient (Wildman–Crippen LogP) is 2.63. The number of anilines is 1. The first-order valence-corrected chi connectivity index (χ1v) is 13.3. The highest BCUT2D eigenvalue weighted by atomic mass is 32.2. The second-order valence-electron chi connectivity index (χ2n) is 8.39. The number of hydrogen-bond donors (Lipinski definition) is 1. The van der Waals surface area contributed by atoms with Crippen molar-refractivity contribution in [2.24, 2.45) is 5.92 Å². The minimum atomic E-state index is -3.62. The monoisotopic (exact) mass is 478 g/mol. The van der Waals surface area contributed by atoms with Crippen LogP contribution in [0.1, 0.15) is 29.1 Å². The van der Waals surface area contributed by atoms with Gasteiger partial charge in [-0.05, 0) is 57.5 Å². The van der Waals surface area contributed by atoms with Crippen molar-refractivity contribution in [3.8, 4) is 0 Å². The summed E-state index contributed by atoms with van der Waals surface area (Å²) in [4.78, 5) is 20.0. The van der Waals surface area contributed by atoms with E-state index in [-0.39, 0.29) is 16.7 Å². The van der Waals surface area contributed by atoms with Crippen molar-refractivity contribution in [3.63, 3.8) is 0 Å². The van der Waals surface area contributed by atoms with Gasteiger partial charge in [-0.25, -0.2) is 13.4 Å². The number of thiazole rings is 1. The minimum absolute atomic E-state index is 0.0484. The number of sulfonamides is 1. The summed E-state index contributed by atoms with van der Waals surface area (Å²) in [6.45, 7) is 7.78. The molecule has 1 aromatic heterocycles. The third-order valence-corrected chi connectivity index (χ3v) is 8.92. The highest BCUT2D eigenvalue weighted by Gasteiger charge is 2.29. The Kier molecular flexibility index (Phi) is 7.26. The van der Waals surface area contributed by atoms with Crippen LogP contribution < -0.4 is 5.32 Å². The van der Waals surface area contributed by atoms with Crippen molar-refractivity contribution in [3.05, 3.63) is 39.8 Å². The number of morpholine rings is 1. The summed E-state index contributed by atoms with van der Waals surface area (Å²) >= 11 is 1.66.